The lowest BCUT2D eigenvalue weighted by Gasteiger charge is -2.46. The highest BCUT2D eigenvalue weighted by atomic mass is 16.7. The first kappa shape index (κ1) is 85.3. The maximum atomic E-state index is 13.4. The van der Waals surface area contributed by atoms with Crippen molar-refractivity contribution < 1.29 is 64.6 Å². The van der Waals surface area contributed by atoms with Crippen LogP contribution in [0.4, 0.5) is 0 Å². The monoisotopic (exact) mass is 1300 g/mol. The Morgan fingerprint density at radius 1 is 0.402 bits per heavy atom. The Morgan fingerprint density at radius 2 is 0.761 bits per heavy atom. The van der Waals surface area contributed by atoms with Crippen molar-refractivity contribution in [2.24, 2.45) is 0 Å². The van der Waals surface area contributed by atoms with E-state index in [-0.39, 0.29) is 18.9 Å². The van der Waals surface area contributed by atoms with Gasteiger partial charge in [0.25, 0.3) is 0 Å². The van der Waals surface area contributed by atoms with Crippen LogP contribution < -0.4 is 5.32 Å². The van der Waals surface area contributed by atoms with Crippen molar-refractivity contribution in [2.75, 3.05) is 19.8 Å². The third kappa shape index (κ3) is 44.8. The molecule has 2 aliphatic heterocycles. The maximum Gasteiger partial charge on any atom is 0.220 e. The summed E-state index contributed by atoms with van der Waals surface area (Å²) >= 11 is 0. The number of amides is 1. The standard InChI is InChI=1S/C78H139NO13/c1-3-5-7-9-11-13-15-17-19-21-23-25-27-29-31-33-35-37-39-41-43-45-47-49-51-53-55-57-59-61-67(82)66(65-89-77-75(88)73(86)76(69(64-81)91-77)92-78-74(87)72(85)71(84)68(63-80)90-78)79-70(83)62-60-58-56-54-52-50-48-46-44-42-40-38-36-34-32-30-28-26-24-22-20-18-16-14-12-10-8-6-4-2/h6,8,12,14,18,20,24,26,30,32,51,53,59,61,66-69,71-78,80-82,84-88H,3-5,7,9-11,13,15-17,19,21-23,25,27-29,31,33-50,52,54-58,60,62-65H2,1-2H3,(H,79,83)/b8-6-,14-12-,20-18-,26-24-,32-30-,53-51+,61-59+. The number of hydrogen-bond acceptors (Lipinski definition) is 13. The fraction of sp³-hybridized carbons (Fsp3) is 0.808. The lowest BCUT2D eigenvalue weighted by molar-refractivity contribution is -0.359. The molecule has 92 heavy (non-hydrogen) atoms. The molecule has 0 saturated carbocycles. The second-order valence-electron chi connectivity index (χ2n) is 26.4. The van der Waals surface area contributed by atoms with Crippen LogP contribution in [0.1, 0.15) is 309 Å². The molecule has 2 heterocycles. The normalized spacial score (nSPS) is 23.2. The van der Waals surface area contributed by atoms with Crippen molar-refractivity contribution in [3.63, 3.8) is 0 Å². The molecule has 0 aromatic carbocycles. The molecule has 9 N–H and O–H groups in total. The van der Waals surface area contributed by atoms with Crippen LogP contribution in [0, 0.1) is 0 Å². The SMILES string of the molecule is CC/C=C\C/C=C\C/C=C\C/C=C\C/C=C\CCCCCCCCCCCCCCCC(=O)NC(COC1OC(CO)C(OC2OC(CO)C(O)C(O)C2O)C(O)C1O)C(O)/C=C/CC/C=C/CCCCCCCCCCCCCCCCCCCCCCCCC. The number of ether oxygens (including phenoxy) is 4. The average molecular weight is 1300 g/mol. The molecule has 0 spiro atoms. The summed E-state index contributed by atoms with van der Waals surface area (Å²) in [5.41, 5.74) is 0. The predicted octanol–water partition coefficient (Wildman–Crippen LogP) is 16.4. The van der Waals surface area contributed by atoms with Crippen molar-refractivity contribution in [1.82, 2.24) is 5.32 Å². The zero-order valence-corrected chi connectivity index (χ0v) is 58.3. The molecule has 2 rings (SSSR count). The molecule has 0 aromatic rings. The number of nitrogens with one attached hydrogen (secondary N) is 1. The van der Waals surface area contributed by atoms with E-state index in [0.29, 0.717) is 12.8 Å². The zero-order valence-electron chi connectivity index (χ0n) is 58.3. The largest absolute Gasteiger partial charge is 0.394 e. The third-order valence-corrected chi connectivity index (χ3v) is 18.1. The number of unbranched alkanes of at least 4 members (excludes halogenated alkanes) is 37. The smallest absolute Gasteiger partial charge is 0.220 e. The molecule has 0 radical (unpaired) electrons. The molecule has 2 fully saturated rings. The minimum absolute atomic E-state index is 0.250. The van der Waals surface area contributed by atoms with Gasteiger partial charge in [-0.3, -0.25) is 4.79 Å². The topological polar surface area (TPSA) is 228 Å². The molecule has 12 atom stereocenters. The lowest BCUT2D eigenvalue weighted by Crippen LogP contribution is -2.65. The van der Waals surface area contributed by atoms with Gasteiger partial charge in [0, 0.05) is 6.42 Å². The molecular formula is C78H139NO13. The van der Waals surface area contributed by atoms with Crippen LogP contribution in [0.15, 0.2) is 85.1 Å². The van der Waals surface area contributed by atoms with Crippen molar-refractivity contribution in [3.8, 4) is 0 Å². The number of carbonyl (C=O) groups excluding carboxylic acids is 1. The van der Waals surface area contributed by atoms with Gasteiger partial charge in [0.2, 0.25) is 5.91 Å². The van der Waals surface area contributed by atoms with E-state index in [4.69, 9.17) is 18.9 Å². The van der Waals surface area contributed by atoms with Crippen LogP contribution in [0.5, 0.6) is 0 Å². The van der Waals surface area contributed by atoms with Crippen LogP contribution >= 0.6 is 0 Å². The minimum atomic E-state index is -1.80. The highest BCUT2D eigenvalue weighted by Gasteiger charge is 2.51. The number of carbonyl (C=O) groups is 1. The molecule has 0 aliphatic carbocycles. The van der Waals surface area contributed by atoms with Crippen LogP contribution in [0.3, 0.4) is 0 Å². The molecule has 534 valence electrons. The van der Waals surface area contributed by atoms with E-state index in [1.165, 1.54) is 205 Å². The molecule has 0 aromatic heterocycles. The third-order valence-electron chi connectivity index (χ3n) is 18.1. The minimum Gasteiger partial charge on any atom is -0.394 e. The summed E-state index contributed by atoms with van der Waals surface area (Å²) in [6, 6.07) is -0.939. The second kappa shape index (κ2) is 61.7. The van der Waals surface area contributed by atoms with E-state index in [1.807, 2.05) is 6.08 Å². The number of hydrogen-bond donors (Lipinski definition) is 9. The summed E-state index contributed by atoms with van der Waals surface area (Å²) in [4.78, 5) is 13.4. The summed E-state index contributed by atoms with van der Waals surface area (Å²) in [6.07, 6.45) is 69.3. The molecule has 14 heteroatoms. The lowest BCUT2D eigenvalue weighted by atomic mass is 9.97. The summed E-state index contributed by atoms with van der Waals surface area (Å²) < 4.78 is 22.9. The van der Waals surface area contributed by atoms with Gasteiger partial charge in [-0.15, -0.1) is 0 Å². The Morgan fingerprint density at radius 3 is 1.20 bits per heavy atom. The zero-order chi connectivity index (χ0) is 66.6. The quantitative estimate of drug-likeness (QED) is 0.0204. The van der Waals surface area contributed by atoms with Crippen molar-refractivity contribution in [2.45, 2.75) is 383 Å². The van der Waals surface area contributed by atoms with Gasteiger partial charge in [-0.05, 0) is 77.0 Å². The van der Waals surface area contributed by atoms with Crippen LogP contribution in [-0.2, 0) is 23.7 Å². The number of rotatable bonds is 62. The fourth-order valence-electron chi connectivity index (χ4n) is 12.1. The first-order valence-electron chi connectivity index (χ1n) is 37.8. The van der Waals surface area contributed by atoms with E-state index >= 15 is 0 Å². The Hall–Kier alpha value is -2.83. The van der Waals surface area contributed by atoms with Crippen molar-refractivity contribution >= 4 is 5.91 Å². The van der Waals surface area contributed by atoms with Crippen LogP contribution in [-0.4, -0.2) is 140 Å². The first-order chi connectivity index (χ1) is 45.1. The van der Waals surface area contributed by atoms with Gasteiger partial charge in [-0.25, -0.2) is 0 Å². The molecule has 1 amide bonds. The van der Waals surface area contributed by atoms with E-state index in [0.717, 1.165) is 70.6 Å². The van der Waals surface area contributed by atoms with Crippen LogP contribution in [0.2, 0.25) is 0 Å². The van der Waals surface area contributed by atoms with Crippen LogP contribution in [0.25, 0.3) is 0 Å². The van der Waals surface area contributed by atoms with E-state index in [2.05, 4.69) is 92.1 Å². The van der Waals surface area contributed by atoms with Gasteiger partial charge in [-0.2, -0.15) is 0 Å². The van der Waals surface area contributed by atoms with Gasteiger partial charge in [0.15, 0.2) is 12.6 Å². The highest BCUT2D eigenvalue weighted by molar-refractivity contribution is 5.76. The Bertz CT molecular complexity index is 1870. The molecular weight excluding hydrogens is 1160 g/mol. The van der Waals surface area contributed by atoms with E-state index < -0.39 is 86.8 Å². The molecule has 2 aliphatic rings. The number of aliphatic hydroxyl groups excluding tert-OH is 8. The van der Waals surface area contributed by atoms with Crippen molar-refractivity contribution in [1.29, 1.82) is 0 Å². The molecule has 14 nitrogen and oxygen atoms in total. The Kier molecular flexibility index (Phi) is 57.2. The first-order valence-corrected chi connectivity index (χ1v) is 37.8. The molecule has 2 saturated heterocycles. The summed E-state index contributed by atoms with van der Waals surface area (Å²) in [5, 5.41) is 87.6. The van der Waals surface area contributed by atoms with Crippen molar-refractivity contribution in [3.05, 3.63) is 85.1 Å². The maximum absolute atomic E-state index is 13.4. The van der Waals surface area contributed by atoms with Gasteiger partial charge < -0.3 is 65.1 Å². The van der Waals surface area contributed by atoms with E-state index in [9.17, 15) is 45.6 Å². The van der Waals surface area contributed by atoms with Gasteiger partial charge in [0.1, 0.15) is 48.8 Å². The Balaban J connectivity index is 1.67. The second-order valence-corrected chi connectivity index (χ2v) is 26.4. The fourth-order valence-corrected chi connectivity index (χ4v) is 12.1. The molecule has 0 bridgehead atoms. The Labute approximate surface area is 561 Å². The summed E-state index contributed by atoms with van der Waals surface area (Å²) in [6.45, 7) is 2.70. The number of aliphatic hydroxyl groups is 8. The molecule has 12 unspecified atom stereocenters. The highest BCUT2D eigenvalue weighted by Crippen LogP contribution is 2.30. The van der Waals surface area contributed by atoms with Gasteiger partial charge >= 0.3 is 0 Å². The predicted molar refractivity (Wildman–Crippen MR) is 378 cm³/mol. The van der Waals surface area contributed by atoms with E-state index in [1.54, 1.807) is 6.08 Å². The van der Waals surface area contributed by atoms with Gasteiger partial charge in [-0.1, -0.05) is 311 Å². The number of allylic oxidation sites excluding steroid dienone is 13. The summed E-state index contributed by atoms with van der Waals surface area (Å²) in [7, 11) is 0. The average Bonchev–Trinajstić information content (AvgIpc) is 0.836. The van der Waals surface area contributed by atoms with Gasteiger partial charge in [0.05, 0.1) is 32.0 Å². The summed E-state index contributed by atoms with van der Waals surface area (Å²) in [5.74, 6) is -0.250.